The largest absolute Gasteiger partial charge is 0.481 e. The van der Waals surface area contributed by atoms with E-state index in [1.807, 2.05) is 0 Å². The topological polar surface area (TPSA) is 83.5 Å². The second kappa shape index (κ2) is 6.36. The van der Waals surface area contributed by atoms with Gasteiger partial charge in [0.05, 0.1) is 4.90 Å². The Morgan fingerprint density at radius 2 is 2.11 bits per heavy atom. The third kappa shape index (κ3) is 4.81. The normalized spacial score (nSPS) is 13.2. The summed E-state index contributed by atoms with van der Waals surface area (Å²) in [6.45, 7) is 3.30. The molecule has 0 radical (unpaired) electrons. The Labute approximate surface area is 117 Å². The molecule has 19 heavy (non-hydrogen) atoms. The minimum Gasteiger partial charge on any atom is -0.481 e. The first kappa shape index (κ1) is 15.9. The zero-order chi connectivity index (χ0) is 14.6. The Kier molecular flexibility index (Phi) is 5.34. The fraction of sp³-hybridized carbons (Fsp3) is 0.417. The summed E-state index contributed by atoms with van der Waals surface area (Å²) in [5.74, 6) is -0.954. The van der Waals surface area contributed by atoms with Crippen LogP contribution in [-0.4, -0.2) is 25.5 Å². The van der Waals surface area contributed by atoms with Crippen LogP contribution in [0.2, 0.25) is 5.02 Å². The van der Waals surface area contributed by atoms with E-state index in [4.69, 9.17) is 16.7 Å². The molecule has 0 fully saturated rings. The third-order valence-electron chi connectivity index (χ3n) is 2.59. The van der Waals surface area contributed by atoms with Crippen molar-refractivity contribution in [1.82, 2.24) is 4.72 Å². The van der Waals surface area contributed by atoms with Crippen LogP contribution in [0.1, 0.15) is 25.3 Å². The maximum absolute atomic E-state index is 12.1. The molecule has 0 aliphatic rings. The van der Waals surface area contributed by atoms with Gasteiger partial charge in [0.2, 0.25) is 10.0 Å². The fourth-order valence-electron chi connectivity index (χ4n) is 1.59. The predicted molar refractivity (Wildman–Crippen MR) is 72.8 cm³/mol. The van der Waals surface area contributed by atoms with E-state index in [0.717, 1.165) is 0 Å². The van der Waals surface area contributed by atoms with Crippen LogP contribution in [0, 0.1) is 6.92 Å². The first-order chi connectivity index (χ1) is 8.72. The number of rotatable bonds is 6. The van der Waals surface area contributed by atoms with E-state index in [1.54, 1.807) is 26.0 Å². The van der Waals surface area contributed by atoms with E-state index < -0.39 is 22.0 Å². The lowest BCUT2D eigenvalue weighted by atomic mass is 10.2. The van der Waals surface area contributed by atoms with Gasteiger partial charge in [0.15, 0.2) is 0 Å². The molecule has 2 N–H and O–H groups in total. The van der Waals surface area contributed by atoms with Gasteiger partial charge in [0.25, 0.3) is 0 Å². The molecule has 1 atom stereocenters. The molecule has 0 bridgehead atoms. The second-order valence-electron chi connectivity index (χ2n) is 4.36. The molecular formula is C12H16ClNO4S. The molecule has 1 unspecified atom stereocenters. The van der Waals surface area contributed by atoms with Crippen LogP contribution in [0.3, 0.4) is 0 Å². The number of carbonyl (C=O) groups is 1. The van der Waals surface area contributed by atoms with E-state index in [1.165, 1.54) is 6.07 Å². The first-order valence-corrected chi connectivity index (χ1v) is 7.59. The van der Waals surface area contributed by atoms with Crippen LogP contribution in [0.15, 0.2) is 23.1 Å². The molecule has 0 amide bonds. The number of carboxylic acids is 1. The van der Waals surface area contributed by atoms with Crippen LogP contribution in [0.25, 0.3) is 0 Å². The number of sulfonamides is 1. The van der Waals surface area contributed by atoms with Crippen molar-refractivity contribution in [1.29, 1.82) is 0 Å². The van der Waals surface area contributed by atoms with E-state index in [2.05, 4.69) is 4.72 Å². The van der Waals surface area contributed by atoms with Crippen LogP contribution < -0.4 is 4.72 Å². The van der Waals surface area contributed by atoms with Gasteiger partial charge >= 0.3 is 5.97 Å². The highest BCUT2D eigenvalue weighted by Crippen LogP contribution is 2.20. The Morgan fingerprint density at radius 3 is 2.68 bits per heavy atom. The number of hydrogen-bond donors (Lipinski definition) is 2. The quantitative estimate of drug-likeness (QED) is 0.844. The number of carboxylic acid groups (broad SMARTS) is 1. The summed E-state index contributed by atoms with van der Waals surface area (Å²) in [5, 5.41) is 8.90. The van der Waals surface area contributed by atoms with Gasteiger partial charge in [-0.2, -0.15) is 0 Å². The van der Waals surface area contributed by atoms with Gasteiger partial charge < -0.3 is 5.11 Å². The standard InChI is InChI=1S/C12H16ClNO4S/c1-8-3-5-10(13)7-11(8)19(17,18)14-9(2)4-6-12(15)16/h3,5,7,9,14H,4,6H2,1-2H3,(H,15,16). The average Bonchev–Trinajstić information content (AvgIpc) is 2.29. The summed E-state index contributed by atoms with van der Waals surface area (Å²) in [7, 11) is -3.69. The van der Waals surface area contributed by atoms with Gasteiger partial charge in [0, 0.05) is 17.5 Å². The van der Waals surface area contributed by atoms with E-state index >= 15 is 0 Å². The van der Waals surface area contributed by atoms with Gasteiger partial charge in [-0.1, -0.05) is 17.7 Å². The lowest BCUT2D eigenvalue weighted by Gasteiger charge is -2.14. The molecule has 0 saturated heterocycles. The lowest BCUT2D eigenvalue weighted by Crippen LogP contribution is -2.33. The smallest absolute Gasteiger partial charge is 0.303 e. The van der Waals surface area contributed by atoms with E-state index in [9.17, 15) is 13.2 Å². The number of aryl methyl sites for hydroxylation is 1. The second-order valence-corrected chi connectivity index (χ2v) is 6.48. The average molecular weight is 306 g/mol. The van der Waals surface area contributed by atoms with Crippen LogP contribution in [0.5, 0.6) is 0 Å². The van der Waals surface area contributed by atoms with Crippen molar-refractivity contribution in [2.45, 2.75) is 37.6 Å². The SMILES string of the molecule is Cc1ccc(Cl)cc1S(=O)(=O)NC(C)CCC(=O)O. The summed E-state index contributed by atoms with van der Waals surface area (Å²) in [5.41, 5.74) is 0.585. The Morgan fingerprint density at radius 1 is 1.47 bits per heavy atom. The van der Waals surface area contributed by atoms with Crippen LogP contribution in [0.4, 0.5) is 0 Å². The summed E-state index contributed by atoms with van der Waals surface area (Å²) in [6, 6.07) is 4.16. The van der Waals surface area contributed by atoms with Gasteiger partial charge in [0.1, 0.15) is 0 Å². The molecule has 1 aromatic rings. The zero-order valence-corrected chi connectivity index (χ0v) is 12.3. The number of aliphatic carboxylic acids is 1. The minimum absolute atomic E-state index is 0.0851. The van der Waals surface area contributed by atoms with Crippen molar-refractivity contribution in [2.75, 3.05) is 0 Å². The molecule has 1 aromatic carbocycles. The molecule has 0 aromatic heterocycles. The molecule has 5 nitrogen and oxygen atoms in total. The number of halogens is 1. The number of hydrogen-bond acceptors (Lipinski definition) is 3. The summed E-state index contributed by atoms with van der Waals surface area (Å²) in [6.07, 6.45) is 0.145. The minimum atomic E-state index is -3.69. The fourth-order valence-corrected chi connectivity index (χ4v) is 3.38. The lowest BCUT2D eigenvalue weighted by molar-refractivity contribution is -0.137. The Hall–Kier alpha value is -1.11. The third-order valence-corrected chi connectivity index (χ3v) is 4.55. The zero-order valence-electron chi connectivity index (χ0n) is 10.7. The predicted octanol–water partition coefficient (Wildman–Crippen LogP) is 2.18. The molecule has 0 aliphatic carbocycles. The summed E-state index contributed by atoms with van der Waals surface area (Å²) in [4.78, 5) is 10.6. The number of nitrogens with one attached hydrogen (secondary N) is 1. The summed E-state index contributed by atoms with van der Waals surface area (Å²) < 4.78 is 26.7. The van der Waals surface area contributed by atoms with Crippen molar-refractivity contribution in [3.63, 3.8) is 0 Å². The van der Waals surface area contributed by atoms with E-state index in [-0.39, 0.29) is 17.7 Å². The van der Waals surface area contributed by atoms with Crippen molar-refractivity contribution >= 4 is 27.6 Å². The Bertz CT molecular complexity index is 571. The molecule has 0 saturated carbocycles. The Balaban J connectivity index is 2.86. The maximum atomic E-state index is 12.1. The van der Waals surface area contributed by atoms with Gasteiger partial charge in [-0.3, -0.25) is 4.79 Å². The van der Waals surface area contributed by atoms with Crippen LogP contribution >= 0.6 is 11.6 Å². The first-order valence-electron chi connectivity index (χ1n) is 5.72. The maximum Gasteiger partial charge on any atom is 0.303 e. The highest BCUT2D eigenvalue weighted by Gasteiger charge is 2.20. The monoisotopic (exact) mass is 305 g/mol. The van der Waals surface area contributed by atoms with Crippen molar-refractivity contribution in [3.05, 3.63) is 28.8 Å². The van der Waals surface area contributed by atoms with Crippen LogP contribution in [-0.2, 0) is 14.8 Å². The summed E-state index contributed by atoms with van der Waals surface area (Å²) >= 11 is 5.79. The van der Waals surface area contributed by atoms with Gasteiger partial charge in [-0.15, -0.1) is 0 Å². The van der Waals surface area contributed by atoms with Crippen molar-refractivity contribution in [3.8, 4) is 0 Å². The van der Waals surface area contributed by atoms with Crippen molar-refractivity contribution in [2.24, 2.45) is 0 Å². The molecule has 0 heterocycles. The molecular weight excluding hydrogens is 290 g/mol. The molecule has 0 spiro atoms. The molecule has 0 aliphatic heterocycles. The van der Waals surface area contributed by atoms with Crippen molar-refractivity contribution < 1.29 is 18.3 Å². The molecule has 1 rings (SSSR count). The molecule has 106 valence electrons. The van der Waals surface area contributed by atoms with Gasteiger partial charge in [-0.05, 0) is 38.0 Å². The molecule has 7 heteroatoms. The van der Waals surface area contributed by atoms with Gasteiger partial charge in [-0.25, -0.2) is 13.1 Å². The highest BCUT2D eigenvalue weighted by atomic mass is 35.5. The highest BCUT2D eigenvalue weighted by molar-refractivity contribution is 7.89. The van der Waals surface area contributed by atoms with E-state index in [0.29, 0.717) is 10.6 Å². The number of benzene rings is 1.